The number of hydrogen-bond donors (Lipinski definition) is 0. The predicted octanol–water partition coefficient (Wildman–Crippen LogP) is 2.46. The van der Waals surface area contributed by atoms with Crippen LogP contribution in [-0.2, 0) is 17.8 Å². The van der Waals surface area contributed by atoms with E-state index in [-0.39, 0.29) is 5.78 Å². The fraction of sp³-hybridized carbons (Fsp3) is 0.667. The molecule has 0 amide bonds. The summed E-state index contributed by atoms with van der Waals surface area (Å²) < 4.78 is 1.91. The molecule has 4 heteroatoms. The van der Waals surface area contributed by atoms with Crippen molar-refractivity contribution in [2.24, 2.45) is 0 Å². The largest absolute Gasteiger partial charge is 0.298 e. The van der Waals surface area contributed by atoms with Gasteiger partial charge in [0.2, 0.25) is 0 Å². The molecule has 1 heterocycles. The normalized spacial score (nSPS) is 11.1. The molecule has 0 atom stereocenters. The number of nitrogens with zero attached hydrogens (tertiary/aromatic N) is 2. The molecule has 90 valence electrons. The van der Waals surface area contributed by atoms with Gasteiger partial charge >= 0.3 is 0 Å². The van der Waals surface area contributed by atoms with Gasteiger partial charge in [0.15, 0.2) is 0 Å². The molecular formula is C12H20N2OS. The number of rotatable bonds is 6. The van der Waals surface area contributed by atoms with E-state index >= 15 is 0 Å². The summed E-state index contributed by atoms with van der Waals surface area (Å²) >= 11 is 1.70. The molecule has 0 fully saturated rings. The molecule has 0 N–H and O–H groups in total. The first kappa shape index (κ1) is 13.3. The molecule has 16 heavy (non-hydrogen) atoms. The van der Waals surface area contributed by atoms with E-state index in [1.807, 2.05) is 24.6 Å². The first-order valence-electron chi connectivity index (χ1n) is 5.69. The Kier molecular flexibility index (Phi) is 5.06. The van der Waals surface area contributed by atoms with Crippen LogP contribution in [0.2, 0.25) is 0 Å². The Morgan fingerprint density at radius 1 is 1.56 bits per heavy atom. The number of ketones is 1. The molecule has 0 radical (unpaired) electrons. The van der Waals surface area contributed by atoms with Gasteiger partial charge in [-0.05, 0) is 25.2 Å². The summed E-state index contributed by atoms with van der Waals surface area (Å²) in [5, 5.41) is 4.85. The molecule has 0 bridgehead atoms. The average Bonchev–Trinajstić information content (AvgIpc) is 2.55. The Balaban J connectivity index is 2.55. The zero-order chi connectivity index (χ0) is 12.1. The SMILES string of the molecule is CCn1nc(C)cc1CC(=O)CSC(C)C. The molecule has 1 aromatic rings. The van der Waals surface area contributed by atoms with Crippen molar-refractivity contribution in [2.75, 3.05) is 5.75 Å². The first-order valence-corrected chi connectivity index (χ1v) is 6.74. The van der Waals surface area contributed by atoms with Crippen LogP contribution in [0, 0.1) is 6.92 Å². The van der Waals surface area contributed by atoms with Crippen molar-refractivity contribution in [1.82, 2.24) is 9.78 Å². The van der Waals surface area contributed by atoms with Gasteiger partial charge in [0.05, 0.1) is 11.4 Å². The summed E-state index contributed by atoms with van der Waals surface area (Å²) in [6.07, 6.45) is 0.508. The fourth-order valence-electron chi connectivity index (χ4n) is 1.53. The maximum absolute atomic E-state index is 11.7. The fourth-order valence-corrected chi connectivity index (χ4v) is 2.15. The Labute approximate surface area is 102 Å². The van der Waals surface area contributed by atoms with Crippen LogP contribution in [0.4, 0.5) is 0 Å². The highest BCUT2D eigenvalue weighted by Crippen LogP contribution is 2.11. The number of carbonyl (C=O) groups is 1. The Morgan fingerprint density at radius 2 is 2.25 bits per heavy atom. The van der Waals surface area contributed by atoms with Crippen LogP contribution in [0.1, 0.15) is 32.2 Å². The minimum atomic E-state index is 0.285. The van der Waals surface area contributed by atoms with Crippen LogP contribution in [0.25, 0.3) is 0 Å². The monoisotopic (exact) mass is 240 g/mol. The topological polar surface area (TPSA) is 34.9 Å². The molecule has 0 saturated carbocycles. The number of thioether (sulfide) groups is 1. The van der Waals surface area contributed by atoms with Crippen molar-refractivity contribution in [2.45, 2.75) is 45.9 Å². The number of hydrogen-bond acceptors (Lipinski definition) is 3. The summed E-state index contributed by atoms with van der Waals surface area (Å²) in [4.78, 5) is 11.7. The summed E-state index contributed by atoms with van der Waals surface area (Å²) in [6, 6.07) is 2.00. The number of aromatic nitrogens is 2. The van der Waals surface area contributed by atoms with E-state index in [0.29, 0.717) is 17.4 Å². The standard InChI is InChI=1S/C12H20N2OS/c1-5-14-11(6-10(4)13-14)7-12(15)8-16-9(2)3/h6,9H,5,7-8H2,1-4H3. The maximum Gasteiger partial charge on any atom is 0.148 e. The Morgan fingerprint density at radius 3 is 2.81 bits per heavy atom. The van der Waals surface area contributed by atoms with E-state index in [4.69, 9.17) is 0 Å². The van der Waals surface area contributed by atoms with Crippen LogP contribution in [0.15, 0.2) is 6.07 Å². The molecule has 1 aromatic heterocycles. The second kappa shape index (κ2) is 6.09. The Hall–Kier alpha value is -0.770. The van der Waals surface area contributed by atoms with Crippen molar-refractivity contribution >= 4 is 17.5 Å². The maximum atomic E-state index is 11.7. The number of aryl methyl sites for hydroxylation is 2. The molecule has 0 saturated heterocycles. The van der Waals surface area contributed by atoms with Crippen LogP contribution in [0.5, 0.6) is 0 Å². The van der Waals surface area contributed by atoms with E-state index in [9.17, 15) is 4.79 Å². The lowest BCUT2D eigenvalue weighted by molar-refractivity contribution is -0.116. The number of carbonyl (C=O) groups excluding carboxylic acids is 1. The van der Waals surface area contributed by atoms with E-state index in [0.717, 1.165) is 17.9 Å². The van der Waals surface area contributed by atoms with Crippen molar-refractivity contribution in [3.8, 4) is 0 Å². The first-order chi connectivity index (χ1) is 7.52. The summed E-state index contributed by atoms with van der Waals surface area (Å²) in [6.45, 7) is 9.05. The van der Waals surface area contributed by atoms with Crippen LogP contribution in [0.3, 0.4) is 0 Å². The van der Waals surface area contributed by atoms with Gasteiger partial charge in [0.25, 0.3) is 0 Å². The van der Waals surface area contributed by atoms with E-state index in [1.165, 1.54) is 0 Å². The summed E-state index contributed by atoms with van der Waals surface area (Å²) in [5.74, 6) is 0.888. The third-order valence-electron chi connectivity index (χ3n) is 2.24. The van der Waals surface area contributed by atoms with Crippen molar-refractivity contribution in [3.05, 3.63) is 17.5 Å². The molecule has 0 aliphatic heterocycles. The van der Waals surface area contributed by atoms with Gasteiger partial charge < -0.3 is 0 Å². The zero-order valence-electron chi connectivity index (χ0n) is 10.5. The molecule has 0 aromatic carbocycles. The smallest absolute Gasteiger partial charge is 0.148 e. The van der Waals surface area contributed by atoms with E-state index in [1.54, 1.807) is 11.8 Å². The average molecular weight is 240 g/mol. The molecule has 0 aliphatic rings. The van der Waals surface area contributed by atoms with Crippen molar-refractivity contribution in [1.29, 1.82) is 0 Å². The Bertz CT molecular complexity index is 358. The second-order valence-electron chi connectivity index (χ2n) is 4.17. The van der Waals surface area contributed by atoms with Gasteiger partial charge in [-0.3, -0.25) is 9.48 Å². The zero-order valence-corrected chi connectivity index (χ0v) is 11.3. The third kappa shape index (κ3) is 4.00. The summed E-state index contributed by atoms with van der Waals surface area (Å²) in [7, 11) is 0. The van der Waals surface area contributed by atoms with Gasteiger partial charge in [-0.2, -0.15) is 16.9 Å². The minimum Gasteiger partial charge on any atom is -0.298 e. The van der Waals surface area contributed by atoms with Gasteiger partial charge in [-0.15, -0.1) is 0 Å². The highest BCUT2D eigenvalue weighted by atomic mass is 32.2. The van der Waals surface area contributed by atoms with E-state index in [2.05, 4.69) is 18.9 Å². The summed E-state index contributed by atoms with van der Waals surface area (Å²) in [5.41, 5.74) is 2.02. The van der Waals surface area contributed by atoms with Gasteiger partial charge in [-0.1, -0.05) is 13.8 Å². The molecule has 0 unspecified atom stereocenters. The lowest BCUT2D eigenvalue weighted by Crippen LogP contribution is -2.12. The van der Waals surface area contributed by atoms with Crippen LogP contribution >= 0.6 is 11.8 Å². The second-order valence-corrected chi connectivity index (χ2v) is 5.73. The van der Waals surface area contributed by atoms with Crippen LogP contribution in [-0.4, -0.2) is 26.6 Å². The third-order valence-corrected chi connectivity index (χ3v) is 3.40. The molecule has 3 nitrogen and oxygen atoms in total. The molecule has 1 rings (SSSR count). The van der Waals surface area contributed by atoms with Crippen molar-refractivity contribution in [3.63, 3.8) is 0 Å². The van der Waals surface area contributed by atoms with Gasteiger partial charge in [0, 0.05) is 18.7 Å². The van der Waals surface area contributed by atoms with Crippen molar-refractivity contribution < 1.29 is 4.79 Å². The molecular weight excluding hydrogens is 220 g/mol. The minimum absolute atomic E-state index is 0.285. The lowest BCUT2D eigenvalue weighted by Gasteiger charge is -2.05. The predicted molar refractivity (Wildman–Crippen MR) is 68.9 cm³/mol. The van der Waals surface area contributed by atoms with Gasteiger partial charge in [0.1, 0.15) is 5.78 Å². The highest BCUT2D eigenvalue weighted by molar-refractivity contribution is 8.00. The number of Topliss-reactive ketones (excluding diaryl/α,β-unsaturated/α-hetero) is 1. The van der Waals surface area contributed by atoms with E-state index < -0.39 is 0 Å². The molecule has 0 aliphatic carbocycles. The highest BCUT2D eigenvalue weighted by Gasteiger charge is 2.10. The van der Waals surface area contributed by atoms with Crippen LogP contribution < -0.4 is 0 Å². The molecule has 0 spiro atoms. The lowest BCUT2D eigenvalue weighted by atomic mass is 10.2. The quantitative estimate of drug-likeness (QED) is 0.766. The van der Waals surface area contributed by atoms with Gasteiger partial charge in [-0.25, -0.2) is 0 Å².